The van der Waals surface area contributed by atoms with E-state index in [4.69, 9.17) is 14.2 Å². The molecule has 3 rings (SSSR count). The van der Waals surface area contributed by atoms with Gasteiger partial charge in [-0.3, -0.25) is 0 Å². The van der Waals surface area contributed by atoms with E-state index in [1.165, 1.54) is 6.92 Å². The molecule has 3 aliphatic rings. The van der Waals surface area contributed by atoms with Gasteiger partial charge in [0.2, 0.25) is 0 Å². The van der Waals surface area contributed by atoms with Gasteiger partial charge in [-0.05, 0) is 32.8 Å². The minimum absolute atomic E-state index is 0.0522. The summed E-state index contributed by atoms with van der Waals surface area (Å²) in [5, 5.41) is 20.6. The van der Waals surface area contributed by atoms with Crippen molar-refractivity contribution in [3.63, 3.8) is 0 Å². The van der Waals surface area contributed by atoms with E-state index >= 15 is 0 Å². The first-order valence-electron chi connectivity index (χ1n) is 8.67. The largest absolute Gasteiger partial charge is 0.454 e. The van der Waals surface area contributed by atoms with Crippen molar-refractivity contribution in [3.8, 4) is 0 Å². The average Bonchev–Trinajstić information content (AvgIpc) is 3.03. The molecule has 142 valence electrons. The maximum absolute atomic E-state index is 12.2. The third-order valence-electron chi connectivity index (χ3n) is 5.28. The van der Waals surface area contributed by atoms with E-state index < -0.39 is 36.0 Å². The number of hydrogen-bond donors (Lipinski definition) is 2. The smallest absolute Gasteiger partial charge is 0.342 e. The Bertz CT molecular complexity index is 734. The van der Waals surface area contributed by atoms with Gasteiger partial charge < -0.3 is 24.4 Å². The van der Waals surface area contributed by atoms with Crippen LogP contribution in [0.2, 0.25) is 0 Å². The fourth-order valence-electron chi connectivity index (χ4n) is 3.70. The molecule has 7 heteroatoms. The molecule has 0 saturated carbocycles. The van der Waals surface area contributed by atoms with Crippen molar-refractivity contribution in [2.24, 2.45) is 5.92 Å². The Morgan fingerprint density at radius 2 is 2.15 bits per heavy atom. The normalized spacial score (nSPS) is 38.5. The monoisotopic (exact) mass is 364 g/mol. The van der Waals surface area contributed by atoms with Crippen LogP contribution in [-0.2, 0) is 23.8 Å². The zero-order valence-corrected chi connectivity index (χ0v) is 15.2. The Labute approximate surface area is 151 Å². The zero-order valence-electron chi connectivity index (χ0n) is 15.2. The van der Waals surface area contributed by atoms with Gasteiger partial charge in [-0.25, -0.2) is 9.59 Å². The molecule has 0 radical (unpaired) electrons. The van der Waals surface area contributed by atoms with Gasteiger partial charge in [0.05, 0.1) is 17.8 Å². The van der Waals surface area contributed by atoms with Crippen LogP contribution in [0, 0.1) is 5.92 Å². The van der Waals surface area contributed by atoms with Gasteiger partial charge in [0, 0.05) is 23.5 Å². The highest BCUT2D eigenvalue weighted by Crippen LogP contribution is 2.47. The average molecular weight is 364 g/mol. The summed E-state index contributed by atoms with van der Waals surface area (Å²) in [5.41, 5.74) is -0.235. The molecular weight excluding hydrogens is 340 g/mol. The first kappa shape index (κ1) is 18.8. The molecule has 4 atom stereocenters. The lowest BCUT2D eigenvalue weighted by Crippen LogP contribution is -2.40. The lowest BCUT2D eigenvalue weighted by molar-refractivity contribution is -0.238. The van der Waals surface area contributed by atoms with E-state index in [1.54, 1.807) is 19.9 Å². The van der Waals surface area contributed by atoms with Gasteiger partial charge in [0.25, 0.3) is 0 Å². The van der Waals surface area contributed by atoms with Crippen molar-refractivity contribution in [3.05, 3.63) is 35.1 Å². The van der Waals surface area contributed by atoms with E-state index in [0.29, 0.717) is 18.4 Å². The fourth-order valence-corrected chi connectivity index (χ4v) is 3.70. The third-order valence-corrected chi connectivity index (χ3v) is 5.28. The summed E-state index contributed by atoms with van der Waals surface area (Å²) in [6.45, 7) is 8.16. The van der Waals surface area contributed by atoms with Gasteiger partial charge in [-0.15, -0.1) is 0 Å². The van der Waals surface area contributed by atoms with Crippen LogP contribution in [0.15, 0.2) is 35.1 Å². The molecule has 3 heterocycles. The van der Waals surface area contributed by atoms with Crippen molar-refractivity contribution in [1.29, 1.82) is 0 Å². The quantitative estimate of drug-likeness (QED) is 0.578. The van der Waals surface area contributed by atoms with Gasteiger partial charge in [-0.2, -0.15) is 0 Å². The number of carbonyl (C=O) groups is 2. The van der Waals surface area contributed by atoms with E-state index in [9.17, 15) is 19.8 Å². The second-order valence-corrected chi connectivity index (χ2v) is 7.52. The highest BCUT2D eigenvalue weighted by molar-refractivity contribution is 5.95. The van der Waals surface area contributed by atoms with E-state index in [0.717, 1.165) is 0 Å². The molecular formula is C19H24O7. The van der Waals surface area contributed by atoms with Crippen LogP contribution in [-0.4, -0.2) is 46.3 Å². The molecule has 0 aliphatic carbocycles. The first-order valence-corrected chi connectivity index (χ1v) is 8.67. The van der Waals surface area contributed by atoms with Crippen LogP contribution in [0.1, 0.15) is 40.0 Å². The number of fused-ring (bicyclic) bond motifs is 3. The molecule has 0 amide bonds. The number of ether oxygens (including phenoxy) is 3. The lowest BCUT2D eigenvalue weighted by Gasteiger charge is -2.33. The number of aliphatic hydroxyl groups is 2. The summed E-state index contributed by atoms with van der Waals surface area (Å²) in [5.74, 6) is -2.84. The SMILES string of the molecule is C=C(C)C(=O)O[C@@H]1C[C@H](C)[C@@]2(O)CC[C@@](C)(/C=C3/OC(=O)C(CO)=C31)O2. The number of carbonyl (C=O) groups excluding carboxylic acids is 2. The van der Waals surface area contributed by atoms with Crippen molar-refractivity contribution >= 4 is 11.9 Å². The lowest BCUT2D eigenvalue weighted by atomic mass is 9.86. The predicted octanol–water partition coefficient (Wildman–Crippen LogP) is 1.50. The van der Waals surface area contributed by atoms with E-state index in [2.05, 4.69) is 6.58 Å². The fraction of sp³-hybridized carbons (Fsp3) is 0.579. The summed E-state index contributed by atoms with van der Waals surface area (Å²) in [4.78, 5) is 24.3. The zero-order chi connectivity index (χ0) is 19.3. The topological polar surface area (TPSA) is 102 Å². The number of esters is 2. The summed E-state index contributed by atoms with van der Waals surface area (Å²) in [6, 6.07) is 0. The van der Waals surface area contributed by atoms with Gasteiger partial charge in [0.1, 0.15) is 11.9 Å². The Morgan fingerprint density at radius 1 is 1.46 bits per heavy atom. The van der Waals surface area contributed by atoms with Crippen LogP contribution in [0.5, 0.6) is 0 Å². The van der Waals surface area contributed by atoms with E-state index in [1.807, 2.05) is 0 Å². The highest BCUT2D eigenvalue weighted by Gasteiger charge is 2.52. The van der Waals surface area contributed by atoms with Crippen molar-refractivity contribution < 1.29 is 34.0 Å². The van der Waals surface area contributed by atoms with Gasteiger partial charge >= 0.3 is 11.9 Å². The number of aliphatic hydroxyl groups excluding tert-OH is 1. The predicted molar refractivity (Wildman–Crippen MR) is 90.4 cm³/mol. The van der Waals surface area contributed by atoms with Crippen LogP contribution in [0.3, 0.4) is 0 Å². The minimum Gasteiger partial charge on any atom is -0.454 e. The van der Waals surface area contributed by atoms with Crippen molar-refractivity contribution in [2.75, 3.05) is 6.61 Å². The molecule has 1 saturated heterocycles. The van der Waals surface area contributed by atoms with Crippen LogP contribution >= 0.6 is 0 Å². The second-order valence-electron chi connectivity index (χ2n) is 7.52. The van der Waals surface area contributed by atoms with E-state index in [-0.39, 0.29) is 29.2 Å². The molecule has 1 fully saturated rings. The maximum atomic E-state index is 12.2. The van der Waals surface area contributed by atoms with Crippen LogP contribution < -0.4 is 0 Å². The third kappa shape index (κ3) is 3.11. The summed E-state index contributed by atoms with van der Waals surface area (Å²) < 4.78 is 16.8. The summed E-state index contributed by atoms with van der Waals surface area (Å²) in [6.07, 6.45) is 1.92. The number of hydrogen-bond acceptors (Lipinski definition) is 7. The molecule has 0 aromatic carbocycles. The maximum Gasteiger partial charge on any atom is 0.342 e. The van der Waals surface area contributed by atoms with Gasteiger partial charge in [-0.1, -0.05) is 13.5 Å². The molecule has 7 nitrogen and oxygen atoms in total. The first-order chi connectivity index (χ1) is 12.1. The Balaban J connectivity index is 2.12. The molecule has 0 unspecified atom stereocenters. The molecule has 3 aliphatic heterocycles. The van der Waals surface area contributed by atoms with Crippen molar-refractivity contribution in [1.82, 2.24) is 0 Å². The summed E-state index contributed by atoms with van der Waals surface area (Å²) in [7, 11) is 0. The number of rotatable bonds is 3. The van der Waals surface area contributed by atoms with Crippen LogP contribution in [0.4, 0.5) is 0 Å². The molecule has 2 bridgehead atoms. The van der Waals surface area contributed by atoms with Crippen LogP contribution in [0.25, 0.3) is 0 Å². The van der Waals surface area contributed by atoms with Gasteiger partial charge in [0.15, 0.2) is 5.79 Å². The minimum atomic E-state index is -1.37. The van der Waals surface area contributed by atoms with Crippen molar-refractivity contribution in [2.45, 2.75) is 57.5 Å². The molecule has 2 N–H and O–H groups in total. The highest BCUT2D eigenvalue weighted by atomic mass is 16.6. The molecule has 0 aromatic heterocycles. The second kappa shape index (κ2) is 6.33. The molecule has 0 aromatic rings. The Kier molecular flexibility index (Phi) is 4.58. The standard InChI is InChI=1S/C19H24O7/c1-10(2)16(21)24-13-7-11(3)19(23)6-5-18(4,26-19)8-14-15(13)12(9-20)17(22)25-14/h8,11,13,20,23H,1,5-7,9H2,2-4H3/b14-8+/t11-,13+,18-,19+/m0/s1. The summed E-state index contributed by atoms with van der Waals surface area (Å²) >= 11 is 0. The molecule has 0 spiro atoms. The molecule has 26 heavy (non-hydrogen) atoms. The Morgan fingerprint density at radius 3 is 2.77 bits per heavy atom. The Hall–Kier alpha value is -1.96.